The third-order valence-corrected chi connectivity index (χ3v) is 3.67. The van der Waals surface area contributed by atoms with E-state index in [1.54, 1.807) is 32.2 Å². The Morgan fingerprint density at radius 1 is 1.10 bits per heavy atom. The molecule has 1 aromatic carbocycles. The van der Waals surface area contributed by atoms with Crippen molar-refractivity contribution >= 4 is 35.8 Å². The molecule has 6 nitrogen and oxygen atoms in total. The predicted molar refractivity (Wildman–Crippen MR) is 119 cm³/mol. The molecular weight excluding hydrogens is 500 g/mol. The lowest BCUT2D eigenvalue weighted by molar-refractivity contribution is -0.153. The molecule has 0 spiro atoms. The molecule has 1 amide bonds. The van der Waals surface area contributed by atoms with Gasteiger partial charge in [0.2, 0.25) is 5.91 Å². The summed E-state index contributed by atoms with van der Waals surface area (Å²) in [7, 11) is 1.58. The Morgan fingerprint density at radius 2 is 1.72 bits per heavy atom. The maximum atomic E-state index is 12.4. The van der Waals surface area contributed by atoms with Gasteiger partial charge in [0.1, 0.15) is 5.75 Å². The summed E-state index contributed by atoms with van der Waals surface area (Å²) in [6, 6.07) is 5.08. The molecule has 10 heteroatoms. The molecule has 0 aliphatic heterocycles. The number of ether oxygens (including phenoxy) is 1. The van der Waals surface area contributed by atoms with Gasteiger partial charge in [-0.15, -0.1) is 24.0 Å². The minimum Gasteiger partial charge on any atom is -0.484 e. The van der Waals surface area contributed by atoms with Crippen LogP contribution < -0.4 is 20.7 Å². The van der Waals surface area contributed by atoms with Crippen LogP contribution in [0.25, 0.3) is 0 Å². The number of hydrogen-bond acceptors (Lipinski definition) is 3. The highest BCUT2D eigenvalue weighted by Gasteiger charge is 2.28. The summed E-state index contributed by atoms with van der Waals surface area (Å²) in [6.07, 6.45) is -4.40. The van der Waals surface area contributed by atoms with Crippen molar-refractivity contribution in [2.75, 3.05) is 26.7 Å². The number of nitrogens with one attached hydrogen (secondary N) is 3. The third kappa shape index (κ3) is 11.1. The molecule has 1 rings (SSSR count). The number of guanidine groups is 1. The first-order chi connectivity index (χ1) is 12.9. The molecule has 0 atom stereocenters. The van der Waals surface area contributed by atoms with E-state index in [9.17, 15) is 18.0 Å². The van der Waals surface area contributed by atoms with E-state index in [0.717, 1.165) is 5.56 Å². The first kappa shape index (κ1) is 27.3. The summed E-state index contributed by atoms with van der Waals surface area (Å²) in [5, 5.41) is 8.87. The number of nitrogens with zero attached hydrogens (tertiary/aromatic N) is 1. The van der Waals surface area contributed by atoms with Crippen LogP contribution in [0.4, 0.5) is 13.2 Å². The molecule has 0 aliphatic rings. The Labute approximate surface area is 187 Å². The molecule has 0 fully saturated rings. The number of aliphatic imine (C=N–C) groups is 1. The van der Waals surface area contributed by atoms with Crippen LogP contribution in [0.5, 0.6) is 5.75 Å². The van der Waals surface area contributed by atoms with Crippen molar-refractivity contribution in [2.24, 2.45) is 10.4 Å². The fourth-order valence-corrected chi connectivity index (χ4v) is 2.12. The predicted octanol–water partition coefficient (Wildman–Crippen LogP) is 3.38. The van der Waals surface area contributed by atoms with Gasteiger partial charge in [0.05, 0.1) is 0 Å². The van der Waals surface area contributed by atoms with E-state index in [0.29, 0.717) is 24.6 Å². The van der Waals surface area contributed by atoms with Gasteiger partial charge in [-0.3, -0.25) is 9.79 Å². The number of carbonyl (C=O) groups is 1. The fourth-order valence-electron chi connectivity index (χ4n) is 2.12. The smallest absolute Gasteiger partial charge is 0.422 e. The Hall–Kier alpha value is -1.72. The number of benzene rings is 1. The van der Waals surface area contributed by atoms with Crippen LogP contribution >= 0.6 is 24.0 Å². The molecule has 0 heterocycles. The molecule has 3 N–H and O–H groups in total. The first-order valence-corrected chi connectivity index (χ1v) is 8.94. The number of alkyl halides is 3. The van der Waals surface area contributed by atoms with Crippen LogP contribution in [0.1, 0.15) is 31.9 Å². The van der Waals surface area contributed by atoms with Gasteiger partial charge >= 0.3 is 6.18 Å². The van der Waals surface area contributed by atoms with Gasteiger partial charge in [-0.2, -0.15) is 13.2 Å². The van der Waals surface area contributed by atoms with Gasteiger partial charge in [0, 0.05) is 37.7 Å². The minimum atomic E-state index is -4.40. The lowest BCUT2D eigenvalue weighted by atomic mass is 9.96. The lowest BCUT2D eigenvalue weighted by Gasteiger charge is -2.18. The van der Waals surface area contributed by atoms with E-state index in [-0.39, 0.29) is 42.2 Å². The molecule has 166 valence electrons. The molecule has 0 aromatic heterocycles. The van der Waals surface area contributed by atoms with E-state index >= 15 is 0 Å². The SMILES string of the molecule is CN=C(NCCNC(=O)C(C)(C)C)NCc1ccc(C)cc1OCC(F)(F)F.I. The van der Waals surface area contributed by atoms with Crippen molar-refractivity contribution in [2.45, 2.75) is 40.4 Å². The molecule has 29 heavy (non-hydrogen) atoms. The number of aryl methyl sites for hydroxylation is 1. The third-order valence-electron chi connectivity index (χ3n) is 3.67. The highest BCUT2D eigenvalue weighted by molar-refractivity contribution is 14.0. The second-order valence-corrected chi connectivity index (χ2v) is 7.37. The number of amides is 1. The summed E-state index contributed by atoms with van der Waals surface area (Å²) in [5.74, 6) is 0.591. The molecule has 1 aromatic rings. The second kappa shape index (κ2) is 12.1. The monoisotopic (exact) mass is 530 g/mol. The zero-order chi connectivity index (χ0) is 21.4. The Kier molecular flexibility index (Phi) is 11.4. The van der Waals surface area contributed by atoms with Crippen LogP contribution in [0.15, 0.2) is 23.2 Å². The Balaban J connectivity index is 0.00000784. The number of halogens is 4. The van der Waals surface area contributed by atoms with Crippen molar-refractivity contribution in [1.29, 1.82) is 0 Å². The summed E-state index contributed by atoms with van der Waals surface area (Å²) in [5.41, 5.74) is 0.926. The molecule has 0 saturated heterocycles. The summed E-state index contributed by atoms with van der Waals surface area (Å²) in [6.45, 7) is 7.03. The van der Waals surface area contributed by atoms with Crippen molar-refractivity contribution in [1.82, 2.24) is 16.0 Å². The van der Waals surface area contributed by atoms with E-state index < -0.39 is 18.2 Å². The van der Waals surface area contributed by atoms with Crippen molar-refractivity contribution in [3.05, 3.63) is 29.3 Å². The van der Waals surface area contributed by atoms with E-state index in [1.807, 2.05) is 20.8 Å². The number of rotatable bonds is 7. The Bertz CT molecular complexity index is 689. The van der Waals surface area contributed by atoms with Crippen LogP contribution in [-0.2, 0) is 11.3 Å². The first-order valence-electron chi connectivity index (χ1n) is 8.94. The van der Waals surface area contributed by atoms with Crippen LogP contribution in [0, 0.1) is 12.3 Å². The van der Waals surface area contributed by atoms with Crippen LogP contribution in [0.2, 0.25) is 0 Å². The largest absolute Gasteiger partial charge is 0.484 e. The summed E-state index contributed by atoms with van der Waals surface area (Å²) < 4.78 is 42.3. The standard InChI is InChI=1S/C19H29F3N4O2.HI/c1-13-6-7-14(15(10-13)28-12-19(20,21)22)11-26-17(23-5)25-9-8-24-16(27)18(2,3)4;/h6-7,10H,8-9,11-12H2,1-5H3,(H,24,27)(H2,23,25,26);1H. The van der Waals surface area contributed by atoms with Crippen molar-refractivity contribution in [3.63, 3.8) is 0 Å². The fraction of sp³-hybridized carbons (Fsp3) is 0.579. The highest BCUT2D eigenvalue weighted by atomic mass is 127. The van der Waals surface area contributed by atoms with Crippen molar-refractivity contribution in [3.8, 4) is 5.75 Å². The maximum absolute atomic E-state index is 12.4. The topological polar surface area (TPSA) is 74.8 Å². The van der Waals surface area contributed by atoms with E-state index in [1.165, 1.54) is 0 Å². The van der Waals surface area contributed by atoms with E-state index in [2.05, 4.69) is 20.9 Å². The zero-order valence-corrected chi connectivity index (χ0v) is 19.7. The van der Waals surface area contributed by atoms with Crippen LogP contribution in [-0.4, -0.2) is 44.8 Å². The highest BCUT2D eigenvalue weighted by Crippen LogP contribution is 2.23. The molecular formula is C19H30F3IN4O2. The number of carbonyl (C=O) groups excluding carboxylic acids is 1. The van der Waals surface area contributed by atoms with Crippen molar-refractivity contribution < 1.29 is 22.7 Å². The van der Waals surface area contributed by atoms with Crippen LogP contribution in [0.3, 0.4) is 0 Å². The van der Waals surface area contributed by atoms with Gasteiger partial charge in [0.25, 0.3) is 0 Å². The molecule has 0 unspecified atom stereocenters. The molecule has 0 radical (unpaired) electrons. The Morgan fingerprint density at radius 3 is 2.28 bits per heavy atom. The average Bonchev–Trinajstić information content (AvgIpc) is 2.58. The lowest BCUT2D eigenvalue weighted by Crippen LogP contribution is -2.43. The second-order valence-electron chi connectivity index (χ2n) is 7.37. The van der Waals surface area contributed by atoms with E-state index in [4.69, 9.17) is 4.74 Å². The average molecular weight is 530 g/mol. The van der Waals surface area contributed by atoms with Gasteiger partial charge in [-0.25, -0.2) is 0 Å². The molecule has 0 saturated carbocycles. The molecule has 0 bridgehead atoms. The van der Waals surface area contributed by atoms with Gasteiger partial charge in [0.15, 0.2) is 12.6 Å². The molecule has 0 aliphatic carbocycles. The van der Waals surface area contributed by atoms with Gasteiger partial charge < -0.3 is 20.7 Å². The summed E-state index contributed by atoms with van der Waals surface area (Å²) in [4.78, 5) is 15.9. The summed E-state index contributed by atoms with van der Waals surface area (Å²) >= 11 is 0. The minimum absolute atomic E-state index is 0. The zero-order valence-electron chi connectivity index (χ0n) is 17.4. The maximum Gasteiger partial charge on any atom is 0.422 e. The number of hydrogen-bond donors (Lipinski definition) is 3. The van der Waals surface area contributed by atoms with Gasteiger partial charge in [-0.1, -0.05) is 32.9 Å². The quantitative estimate of drug-likeness (QED) is 0.219. The normalized spacial score (nSPS) is 12.1. The van der Waals surface area contributed by atoms with Gasteiger partial charge in [-0.05, 0) is 18.6 Å².